The Labute approximate surface area is 128 Å². The summed E-state index contributed by atoms with van der Waals surface area (Å²) >= 11 is 14.1. The second-order valence-electron chi connectivity index (χ2n) is 3.68. The quantitative estimate of drug-likeness (QED) is 0.808. The molecule has 0 unspecified atom stereocenters. The number of hydrogen-bond donors (Lipinski definition) is 1. The Hall–Kier alpha value is -1.17. The maximum absolute atomic E-state index is 13.0. The molecule has 0 atom stereocenters. The van der Waals surface area contributed by atoms with Gasteiger partial charge in [0.05, 0.1) is 10.0 Å². The number of ether oxygens (including phenoxy) is 1. The zero-order chi connectivity index (χ0) is 14.0. The Morgan fingerprint density at radius 3 is 2.53 bits per heavy atom. The highest BCUT2D eigenvalue weighted by atomic mass is 79.9. The molecule has 98 valence electrons. The van der Waals surface area contributed by atoms with Crippen LogP contribution in [0.15, 0.2) is 40.9 Å². The molecule has 2 rings (SSSR count). The minimum Gasteiger partial charge on any atom is -0.455 e. The summed E-state index contributed by atoms with van der Waals surface area (Å²) in [7, 11) is 0. The van der Waals surface area contributed by atoms with Gasteiger partial charge in [-0.15, -0.1) is 0 Å². The van der Waals surface area contributed by atoms with Crippen molar-refractivity contribution >= 4 is 44.7 Å². The van der Waals surface area contributed by atoms with Gasteiger partial charge in [-0.25, -0.2) is 4.39 Å². The second kappa shape index (κ2) is 5.86. The molecule has 0 aliphatic rings. The van der Waals surface area contributed by atoms with Gasteiger partial charge in [0.1, 0.15) is 22.3 Å². The smallest absolute Gasteiger partial charge is 0.141 e. The van der Waals surface area contributed by atoms with Crippen LogP contribution in [0.25, 0.3) is 0 Å². The molecule has 0 bridgehead atoms. The number of rotatable bonds is 3. The van der Waals surface area contributed by atoms with Crippen molar-refractivity contribution in [1.29, 1.82) is 0 Å². The molecule has 0 amide bonds. The Bertz CT molecular complexity index is 651. The molecule has 0 heterocycles. The Kier molecular flexibility index (Phi) is 4.39. The summed E-state index contributed by atoms with van der Waals surface area (Å²) in [6.07, 6.45) is 0. The third-order valence-electron chi connectivity index (χ3n) is 2.32. The Morgan fingerprint density at radius 1 is 1.21 bits per heavy atom. The predicted molar refractivity (Wildman–Crippen MR) is 81.5 cm³/mol. The van der Waals surface area contributed by atoms with Crippen LogP contribution in [0.2, 0.25) is 5.02 Å². The van der Waals surface area contributed by atoms with Gasteiger partial charge >= 0.3 is 0 Å². The largest absolute Gasteiger partial charge is 0.455 e. The van der Waals surface area contributed by atoms with Crippen molar-refractivity contribution in [2.24, 2.45) is 5.73 Å². The van der Waals surface area contributed by atoms with Gasteiger partial charge in [0.2, 0.25) is 0 Å². The second-order valence-corrected chi connectivity index (χ2v) is 5.41. The normalized spacial score (nSPS) is 10.3. The van der Waals surface area contributed by atoms with E-state index in [1.807, 2.05) is 0 Å². The fraction of sp³-hybridized carbons (Fsp3) is 0. The first-order chi connectivity index (χ1) is 8.97. The highest BCUT2D eigenvalue weighted by molar-refractivity contribution is 9.10. The van der Waals surface area contributed by atoms with Gasteiger partial charge in [-0.2, -0.15) is 0 Å². The van der Waals surface area contributed by atoms with Gasteiger partial charge in [0.15, 0.2) is 0 Å². The molecule has 2 aromatic rings. The molecule has 2 nitrogen and oxygen atoms in total. The zero-order valence-corrected chi connectivity index (χ0v) is 12.7. The van der Waals surface area contributed by atoms with E-state index >= 15 is 0 Å². The highest BCUT2D eigenvalue weighted by Gasteiger charge is 2.10. The Morgan fingerprint density at radius 2 is 1.89 bits per heavy atom. The van der Waals surface area contributed by atoms with E-state index in [2.05, 4.69) is 15.9 Å². The summed E-state index contributed by atoms with van der Waals surface area (Å²) in [4.78, 5) is 0.177. The van der Waals surface area contributed by atoms with Crippen LogP contribution >= 0.6 is 39.7 Å². The lowest BCUT2D eigenvalue weighted by Crippen LogP contribution is -2.10. The minimum atomic E-state index is -0.357. The summed E-state index contributed by atoms with van der Waals surface area (Å²) in [5.74, 6) is 0.565. The minimum absolute atomic E-state index is 0.177. The molecule has 0 saturated heterocycles. The number of thiocarbonyl (C=S) groups is 1. The lowest BCUT2D eigenvalue weighted by atomic mass is 10.2. The molecule has 2 aromatic carbocycles. The van der Waals surface area contributed by atoms with E-state index in [1.165, 1.54) is 18.2 Å². The van der Waals surface area contributed by atoms with E-state index in [0.717, 1.165) is 0 Å². The van der Waals surface area contributed by atoms with Crippen molar-refractivity contribution in [3.63, 3.8) is 0 Å². The van der Waals surface area contributed by atoms with E-state index in [0.29, 0.717) is 26.6 Å². The van der Waals surface area contributed by atoms with Crippen molar-refractivity contribution in [1.82, 2.24) is 0 Å². The lowest BCUT2D eigenvalue weighted by molar-refractivity contribution is 0.476. The molecule has 0 radical (unpaired) electrons. The van der Waals surface area contributed by atoms with Crippen LogP contribution in [0.3, 0.4) is 0 Å². The predicted octanol–water partition coefficient (Wildman–Crippen LogP) is 4.67. The summed E-state index contributed by atoms with van der Waals surface area (Å²) < 4.78 is 19.2. The van der Waals surface area contributed by atoms with Crippen LogP contribution in [0, 0.1) is 5.82 Å². The summed E-state index contributed by atoms with van der Waals surface area (Å²) in [5.41, 5.74) is 6.15. The molecule has 2 N–H and O–H groups in total. The van der Waals surface area contributed by atoms with Crippen molar-refractivity contribution < 1.29 is 9.13 Å². The molecule has 0 fully saturated rings. The van der Waals surface area contributed by atoms with Gasteiger partial charge in [0.25, 0.3) is 0 Å². The molecular formula is C13H8BrClFNOS. The topological polar surface area (TPSA) is 35.2 Å². The van der Waals surface area contributed by atoms with Gasteiger partial charge < -0.3 is 10.5 Å². The molecular weight excluding hydrogens is 353 g/mol. The number of benzene rings is 2. The summed E-state index contributed by atoms with van der Waals surface area (Å²) in [6, 6.07) is 9.07. The van der Waals surface area contributed by atoms with Crippen LogP contribution in [0.1, 0.15) is 5.56 Å². The molecule has 19 heavy (non-hydrogen) atoms. The van der Waals surface area contributed by atoms with E-state index in [-0.39, 0.29) is 10.8 Å². The molecule has 0 spiro atoms. The van der Waals surface area contributed by atoms with Gasteiger partial charge in [-0.05, 0) is 52.3 Å². The number of nitrogens with two attached hydrogens (primary N) is 1. The van der Waals surface area contributed by atoms with Crippen molar-refractivity contribution in [3.05, 3.63) is 57.3 Å². The van der Waals surface area contributed by atoms with E-state index in [4.69, 9.17) is 34.3 Å². The van der Waals surface area contributed by atoms with E-state index in [9.17, 15) is 4.39 Å². The van der Waals surface area contributed by atoms with Crippen LogP contribution in [-0.4, -0.2) is 4.99 Å². The zero-order valence-electron chi connectivity index (χ0n) is 9.49. The monoisotopic (exact) mass is 359 g/mol. The van der Waals surface area contributed by atoms with Crippen LogP contribution in [-0.2, 0) is 0 Å². The maximum Gasteiger partial charge on any atom is 0.141 e. The molecule has 6 heteroatoms. The molecule has 0 aliphatic carbocycles. The maximum atomic E-state index is 13.0. The fourth-order valence-electron chi connectivity index (χ4n) is 1.46. The molecule has 0 saturated carbocycles. The van der Waals surface area contributed by atoms with Crippen LogP contribution < -0.4 is 10.5 Å². The summed E-state index contributed by atoms with van der Waals surface area (Å²) in [5, 5.41) is 0.508. The SMILES string of the molecule is NC(=S)c1cc(Cl)ccc1Oc1ccc(F)cc1Br. The lowest BCUT2D eigenvalue weighted by Gasteiger charge is -2.12. The van der Waals surface area contributed by atoms with E-state index < -0.39 is 0 Å². The van der Waals surface area contributed by atoms with E-state index in [1.54, 1.807) is 18.2 Å². The standard InChI is InChI=1S/C13H8BrClFNOS/c14-10-6-8(16)2-4-12(10)18-11-3-1-7(15)5-9(11)13(17)19/h1-6H,(H2,17,19). The molecule has 0 aliphatic heterocycles. The van der Waals surface area contributed by atoms with Crippen molar-refractivity contribution in [2.75, 3.05) is 0 Å². The van der Waals surface area contributed by atoms with Crippen molar-refractivity contribution in [2.45, 2.75) is 0 Å². The van der Waals surface area contributed by atoms with Crippen molar-refractivity contribution in [3.8, 4) is 11.5 Å². The average molecular weight is 361 g/mol. The highest BCUT2D eigenvalue weighted by Crippen LogP contribution is 2.33. The average Bonchev–Trinajstić information content (AvgIpc) is 2.34. The first-order valence-electron chi connectivity index (χ1n) is 5.19. The third-order valence-corrected chi connectivity index (χ3v) is 3.40. The van der Waals surface area contributed by atoms with Crippen LogP contribution in [0.5, 0.6) is 11.5 Å². The third kappa shape index (κ3) is 3.43. The first-order valence-corrected chi connectivity index (χ1v) is 6.77. The van der Waals surface area contributed by atoms with Gasteiger partial charge in [0, 0.05) is 5.02 Å². The number of halogens is 3. The Balaban J connectivity index is 2.40. The molecule has 0 aromatic heterocycles. The fourth-order valence-corrected chi connectivity index (χ4v) is 2.22. The van der Waals surface area contributed by atoms with Gasteiger partial charge in [-0.3, -0.25) is 0 Å². The van der Waals surface area contributed by atoms with Gasteiger partial charge in [-0.1, -0.05) is 23.8 Å². The van der Waals surface area contributed by atoms with Crippen LogP contribution in [0.4, 0.5) is 4.39 Å². The first kappa shape index (κ1) is 14.2. The number of hydrogen-bond acceptors (Lipinski definition) is 2. The summed E-state index contributed by atoms with van der Waals surface area (Å²) in [6.45, 7) is 0.